The Labute approximate surface area is 141 Å². The van der Waals surface area contributed by atoms with Crippen molar-refractivity contribution in [1.29, 1.82) is 0 Å². The Kier molecular flexibility index (Phi) is 4.01. The Morgan fingerprint density at radius 2 is 1.96 bits per heavy atom. The molecule has 2 amide bonds. The van der Waals surface area contributed by atoms with Gasteiger partial charge in [0, 0.05) is 13.1 Å². The number of amides is 2. The molecule has 6 nitrogen and oxygen atoms in total. The highest BCUT2D eigenvalue weighted by atomic mass is 35.5. The van der Waals surface area contributed by atoms with E-state index in [2.05, 4.69) is 5.32 Å². The molecule has 2 saturated heterocycles. The summed E-state index contributed by atoms with van der Waals surface area (Å²) in [4.78, 5) is 25.6. The zero-order valence-electron chi connectivity index (χ0n) is 13.1. The van der Waals surface area contributed by atoms with Gasteiger partial charge in [-0.25, -0.2) is 8.78 Å². The number of likely N-dealkylation sites (N-methyl/N-ethyl adjacent to an activating group) is 1. The molecular weight excluding hydrogens is 346 g/mol. The van der Waals surface area contributed by atoms with E-state index in [9.17, 15) is 18.4 Å². The lowest BCUT2D eigenvalue weighted by molar-refractivity contribution is -0.164. The summed E-state index contributed by atoms with van der Waals surface area (Å²) in [7, 11) is 1.30. The van der Waals surface area contributed by atoms with Crippen molar-refractivity contribution in [3.8, 4) is 0 Å². The topological polar surface area (TPSA) is 67.9 Å². The highest BCUT2D eigenvalue weighted by molar-refractivity contribution is 6.31. The second-order valence-corrected chi connectivity index (χ2v) is 6.53. The summed E-state index contributed by atoms with van der Waals surface area (Å²) in [5, 5.41) is 2.16. The average molecular weight is 361 g/mol. The minimum absolute atomic E-state index is 0.206. The number of benzene rings is 1. The van der Waals surface area contributed by atoms with Crippen molar-refractivity contribution in [2.24, 2.45) is 0 Å². The molecule has 3 atom stereocenters. The van der Waals surface area contributed by atoms with Crippen molar-refractivity contribution in [3.05, 3.63) is 28.8 Å². The van der Waals surface area contributed by atoms with Gasteiger partial charge in [0.2, 0.25) is 0 Å². The molecule has 0 unspecified atom stereocenters. The number of hydrogen-bond acceptors (Lipinski definition) is 4. The van der Waals surface area contributed by atoms with E-state index in [4.69, 9.17) is 21.1 Å². The van der Waals surface area contributed by atoms with E-state index in [-0.39, 0.29) is 10.7 Å². The van der Waals surface area contributed by atoms with Crippen molar-refractivity contribution in [2.75, 3.05) is 11.9 Å². The standard InChI is InChI=1S/C15H15ClF2N2O4/c1-15(2)23-11-10(19-13(21)12(11)24-15)14(22)20(3)9-4-6(16)7(17)5-8(9)18/h4-5,10-12H,1-3H3,(H,19,21)/t10-,11-,12-/m0/s1. The molecule has 1 aromatic carbocycles. The number of carbonyl (C=O) groups excluding carboxylic acids is 2. The van der Waals surface area contributed by atoms with Gasteiger partial charge in [0.05, 0.1) is 10.7 Å². The minimum Gasteiger partial charge on any atom is -0.341 e. The first-order valence-corrected chi connectivity index (χ1v) is 7.56. The SMILES string of the molecule is CN(C(=O)[C@H]1NC(=O)[C@H]2OC(C)(C)O[C@@H]12)c1cc(Cl)c(F)cc1F. The van der Waals surface area contributed by atoms with E-state index in [1.807, 2.05) is 0 Å². The van der Waals surface area contributed by atoms with Crippen LogP contribution in [0.15, 0.2) is 12.1 Å². The molecular formula is C15H15ClF2N2O4. The van der Waals surface area contributed by atoms with Crippen LogP contribution in [-0.4, -0.2) is 42.9 Å². The monoisotopic (exact) mass is 360 g/mol. The Bertz CT molecular complexity index is 728. The number of anilines is 1. The van der Waals surface area contributed by atoms with E-state index >= 15 is 0 Å². The molecule has 0 aromatic heterocycles. The smallest absolute Gasteiger partial charge is 0.252 e. The summed E-state index contributed by atoms with van der Waals surface area (Å²) in [6.45, 7) is 3.26. The number of fused-ring (bicyclic) bond motifs is 1. The van der Waals surface area contributed by atoms with Gasteiger partial charge in [-0.3, -0.25) is 9.59 Å². The zero-order chi connectivity index (χ0) is 17.8. The predicted molar refractivity (Wildman–Crippen MR) is 80.5 cm³/mol. The first-order chi connectivity index (χ1) is 11.1. The van der Waals surface area contributed by atoms with Crippen LogP contribution < -0.4 is 10.2 Å². The van der Waals surface area contributed by atoms with Crippen molar-refractivity contribution >= 4 is 29.1 Å². The lowest BCUT2D eigenvalue weighted by Crippen LogP contribution is -2.49. The van der Waals surface area contributed by atoms with Gasteiger partial charge in [-0.15, -0.1) is 0 Å². The molecule has 0 spiro atoms. The summed E-state index contributed by atoms with van der Waals surface area (Å²) >= 11 is 5.65. The first-order valence-electron chi connectivity index (χ1n) is 7.19. The highest BCUT2D eigenvalue weighted by Gasteiger charge is 2.56. The Balaban J connectivity index is 1.87. The Hall–Kier alpha value is -1.77. The summed E-state index contributed by atoms with van der Waals surface area (Å²) < 4.78 is 38.3. The van der Waals surface area contributed by atoms with Gasteiger partial charge in [-0.05, 0) is 19.9 Å². The fourth-order valence-electron chi connectivity index (χ4n) is 2.85. The number of carbonyl (C=O) groups is 2. The van der Waals surface area contributed by atoms with Crippen LogP contribution in [0.25, 0.3) is 0 Å². The fraction of sp³-hybridized carbons (Fsp3) is 0.467. The molecule has 2 aliphatic heterocycles. The largest absolute Gasteiger partial charge is 0.341 e. The van der Waals surface area contributed by atoms with Gasteiger partial charge in [0.15, 0.2) is 11.9 Å². The van der Waals surface area contributed by atoms with Crippen LogP contribution in [0.1, 0.15) is 13.8 Å². The minimum atomic E-state index is -1.04. The van der Waals surface area contributed by atoms with Crippen molar-refractivity contribution in [2.45, 2.75) is 37.9 Å². The third-order valence-corrected chi connectivity index (χ3v) is 4.25. The number of ether oxygens (including phenoxy) is 2. The van der Waals surface area contributed by atoms with Gasteiger partial charge >= 0.3 is 0 Å². The third kappa shape index (κ3) is 2.74. The molecule has 24 heavy (non-hydrogen) atoms. The zero-order valence-corrected chi connectivity index (χ0v) is 13.9. The number of halogens is 3. The van der Waals surface area contributed by atoms with Crippen LogP contribution in [0.2, 0.25) is 5.02 Å². The molecule has 0 bridgehead atoms. The maximum Gasteiger partial charge on any atom is 0.252 e. The normalized spacial score (nSPS) is 27.8. The second-order valence-electron chi connectivity index (χ2n) is 6.12. The molecule has 1 N–H and O–H groups in total. The van der Waals surface area contributed by atoms with E-state index < -0.39 is 47.5 Å². The number of nitrogens with zero attached hydrogens (tertiary/aromatic N) is 1. The van der Waals surface area contributed by atoms with E-state index in [0.29, 0.717) is 6.07 Å². The summed E-state index contributed by atoms with van der Waals surface area (Å²) in [6, 6.07) is 0.557. The van der Waals surface area contributed by atoms with Crippen LogP contribution in [0, 0.1) is 11.6 Å². The molecule has 130 valence electrons. The van der Waals surface area contributed by atoms with Crippen molar-refractivity contribution < 1.29 is 27.8 Å². The van der Waals surface area contributed by atoms with Crippen LogP contribution >= 0.6 is 11.6 Å². The number of rotatable bonds is 2. The van der Waals surface area contributed by atoms with Gasteiger partial charge in [0.25, 0.3) is 11.8 Å². The Morgan fingerprint density at radius 3 is 2.62 bits per heavy atom. The number of nitrogens with one attached hydrogen (secondary N) is 1. The van der Waals surface area contributed by atoms with Gasteiger partial charge in [-0.1, -0.05) is 11.6 Å². The quantitative estimate of drug-likeness (QED) is 0.813. The van der Waals surface area contributed by atoms with E-state index in [1.54, 1.807) is 13.8 Å². The summed E-state index contributed by atoms with van der Waals surface area (Å²) in [5.74, 6) is -3.98. The lowest BCUT2D eigenvalue weighted by atomic mass is 10.1. The van der Waals surface area contributed by atoms with Crippen LogP contribution in [0.5, 0.6) is 0 Å². The highest BCUT2D eigenvalue weighted by Crippen LogP contribution is 2.35. The first kappa shape index (κ1) is 17.1. The Morgan fingerprint density at radius 1 is 1.29 bits per heavy atom. The maximum atomic E-state index is 14.0. The lowest BCUT2D eigenvalue weighted by Gasteiger charge is -2.25. The molecule has 9 heteroatoms. The van der Waals surface area contributed by atoms with Gasteiger partial charge < -0.3 is 19.7 Å². The third-order valence-electron chi connectivity index (χ3n) is 3.96. The van der Waals surface area contributed by atoms with Crippen LogP contribution in [0.3, 0.4) is 0 Å². The molecule has 2 fully saturated rings. The van der Waals surface area contributed by atoms with Crippen LogP contribution in [0.4, 0.5) is 14.5 Å². The fourth-order valence-corrected chi connectivity index (χ4v) is 3.01. The van der Waals surface area contributed by atoms with Crippen LogP contribution in [-0.2, 0) is 19.1 Å². The number of hydrogen-bond donors (Lipinski definition) is 1. The van der Waals surface area contributed by atoms with E-state index in [0.717, 1.165) is 11.0 Å². The molecule has 0 saturated carbocycles. The molecule has 2 aliphatic rings. The second kappa shape index (κ2) is 5.65. The van der Waals surface area contributed by atoms with Crippen molar-refractivity contribution in [1.82, 2.24) is 5.32 Å². The molecule has 0 radical (unpaired) electrons. The predicted octanol–water partition coefficient (Wildman–Crippen LogP) is 1.60. The molecule has 1 aromatic rings. The van der Waals surface area contributed by atoms with Crippen molar-refractivity contribution in [3.63, 3.8) is 0 Å². The van der Waals surface area contributed by atoms with E-state index in [1.165, 1.54) is 7.05 Å². The molecule has 0 aliphatic carbocycles. The molecule has 3 rings (SSSR count). The summed E-state index contributed by atoms with van der Waals surface area (Å²) in [5.41, 5.74) is -0.206. The van der Waals surface area contributed by atoms with Gasteiger partial charge in [0.1, 0.15) is 23.8 Å². The maximum absolute atomic E-state index is 14.0. The molecule has 2 heterocycles. The summed E-state index contributed by atoms with van der Waals surface area (Å²) in [6.07, 6.45) is -1.74. The van der Waals surface area contributed by atoms with Gasteiger partial charge in [-0.2, -0.15) is 0 Å². The average Bonchev–Trinajstić information content (AvgIpc) is 2.96.